The second kappa shape index (κ2) is 7.69. The van der Waals surface area contributed by atoms with Gasteiger partial charge in [-0.05, 0) is 34.4 Å². The lowest BCUT2D eigenvalue weighted by atomic mass is 10.1. The Hall–Kier alpha value is -2.74. The summed E-state index contributed by atoms with van der Waals surface area (Å²) >= 11 is 1.48. The smallest absolute Gasteiger partial charge is 0.249 e. The van der Waals surface area contributed by atoms with Crippen molar-refractivity contribution >= 4 is 23.4 Å². The molecule has 0 aliphatic rings. The van der Waals surface area contributed by atoms with Crippen LogP contribution >= 0.6 is 11.8 Å². The average Bonchev–Trinajstić information content (AvgIpc) is 3.15. The van der Waals surface area contributed by atoms with Gasteiger partial charge in [-0.25, -0.2) is 9.67 Å². The van der Waals surface area contributed by atoms with E-state index in [2.05, 4.69) is 25.8 Å². The van der Waals surface area contributed by atoms with Crippen molar-refractivity contribution in [1.82, 2.24) is 25.2 Å². The molecule has 0 aliphatic carbocycles. The molecule has 0 bridgehead atoms. The van der Waals surface area contributed by atoms with Crippen LogP contribution in [0.5, 0.6) is 0 Å². The number of thioether (sulfide) groups is 1. The monoisotopic (exact) mass is 340 g/mol. The van der Waals surface area contributed by atoms with Crippen LogP contribution in [0.25, 0.3) is 0 Å². The van der Waals surface area contributed by atoms with Crippen LogP contribution in [0, 0.1) is 0 Å². The quantitative estimate of drug-likeness (QED) is 0.693. The van der Waals surface area contributed by atoms with Crippen molar-refractivity contribution in [3.63, 3.8) is 0 Å². The van der Waals surface area contributed by atoms with Gasteiger partial charge in [0.1, 0.15) is 17.4 Å². The van der Waals surface area contributed by atoms with Crippen LogP contribution in [0.3, 0.4) is 0 Å². The maximum Gasteiger partial charge on any atom is 0.249 e. The van der Waals surface area contributed by atoms with Crippen LogP contribution in [-0.2, 0) is 11.2 Å². The number of amides is 1. The Morgan fingerprint density at radius 3 is 2.79 bits per heavy atom. The van der Waals surface area contributed by atoms with E-state index in [-0.39, 0.29) is 5.91 Å². The summed E-state index contributed by atoms with van der Waals surface area (Å²) in [5, 5.41) is 14.9. The zero-order chi connectivity index (χ0) is 16.8. The molecule has 2 aromatic heterocycles. The van der Waals surface area contributed by atoms with E-state index in [1.54, 1.807) is 12.3 Å². The van der Waals surface area contributed by atoms with Crippen molar-refractivity contribution in [1.29, 1.82) is 0 Å². The molecule has 0 aliphatic heterocycles. The van der Waals surface area contributed by atoms with Crippen LogP contribution in [0.15, 0.2) is 60.0 Å². The molecule has 1 atom stereocenters. The first-order chi connectivity index (χ1) is 11.8. The van der Waals surface area contributed by atoms with Gasteiger partial charge in [-0.1, -0.05) is 30.3 Å². The molecule has 24 heavy (non-hydrogen) atoms. The number of anilines is 1. The Bertz CT molecular complexity index is 793. The van der Waals surface area contributed by atoms with E-state index in [0.717, 1.165) is 10.6 Å². The van der Waals surface area contributed by atoms with Crippen molar-refractivity contribution in [3.8, 4) is 0 Å². The second-order valence-electron chi connectivity index (χ2n) is 5.04. The number of nitrogens with zero attached hydrogens (tertiary/aromatic N) is 5. The van der Waals surface area contributed by atoms with Gasteiger partial charge in [0.05, 0.1) is 5.69 Å². The summed E-state index contributed by atoms with van der Waals surface area (Å²) in [5.41, 5.74) is 1.71. The Morgan fingerprint density at radius 2 is 2.08 bits per heavy atom. The van der Waals surface area contributed by atoms with Gasteiger partial charge in [0.15, 0.2) is 0 Å². The zero-order valence-corrected chi connectivity index (χ0v) is 13.8. The van der Waals surface area contributed by atoms with Gasteiger partial charge in [0.25, 0.3) is 0 Å². The number of hydrogen-bond donors (Lipinski definition) is 1. The number of carbonyl (C=O) groups is 1. The summed E-state index contributed by atoms with van der Waals surface area (Å²) in [6.07, 6.45) is 5.56. The lowest BCUT2D eigenvalue weighted by Gasteiger charge is -2.17. The molecule has 0 saturated heterocycles. The van der Waals surface area contributed by atoms with Crippen molar-refractivity contribution in [2.75, 3.05) is 11.6 Å². The fraction of sp³-hybridized carbons (Fsp3) is 0.188. The molecule has 1 N–H and O–H groups in total. The zero-order valence-electron chi connectivity index (χ0n) is 13.0. The van der Waals surface area contributed by atoms with E-state index in [0.29, 0.717) is 12.1 Å². The first-order valence-electron chi connectivity index (χ1n) is 7.34. The van der Waals surface area contributed by atoms with E-state index < -0.39 is 6.04 Å². The maximum absolute atomic E-state index is 12.8. The topological polar surface area (TPSA) is 85.6 Å². The summed E-state index contributed by atoms with van der Waals surface area (Å²) in [4.78, 5) is 17.1. The number of nitrogens with one attached hydrogen (secondary N) is 1. The number of carbonyl (C=O) groups excluding carboxylic acids is 1. The molecule has 0 spiro atoms. The Morgan fingerprint density at radius 1 is 1.25 bits per heavy atom. The van der Waals surface area contributed by atoms with E-state index in [1.807, 2.05) is 42.7 Å². The van der Waals surface area contributed by atoms with E-state index in [4.69, 9.17) is 0 Å². The normalized spacial score (nSPS) is 11.9. The molecule has 7 nitrogen and oxygen atoms in total. The largest absolute Gasteiger partial charge is 0.322 e. The van der Waals surface area contributed by atoms with Crippen LogP contribution in [-0.4, -0.2) is 37.4 Å². The third-order valence-corrected chi connectivity index (χ3v) is 4.19. The summed E-state index contributed by atoms with van der Waals surface area (Å²) in [6, 6.07) is 12.8. The molecule has 3 aromatic rings. The molecule has 1 unspecified atom stereocenters. The molecule has 8 heteroatoms. The molecule has 122 valence electrons. The lowest BCUT2D eigenvalue weighted by Crippen LogP contribution is -2.28. The van der Waals surface area contributed by atoms with Gasteiger partial charge >= 0.3 is 0 Å². The fourth-order valence-corrected chi connectivity index (χ4v) is 2.82. The SMILES string of the molecule is CSc1ncccc1NC(=O)C(Cc1ccccc1)n1cnnn1. The number of aromatic nitrogens is 5. The molecule has 2 heterocycles. The van der Waals surface area contributed by atoms with E-state index in [1.165, 1.54) is 22.8 Å². The minimum absolute atomic E-state index is 0.186. The highest BCUT2D eigenvalue weighted by molar-refractivity contribution is 7.98. The van der Waals surface area contributed by atoms with Crippen molar-refractivity contribution < 1.29 is 4.79 Å². The fourth-order valence-electron chi connectivity index (χ4n) is 2.32. The Kier molecular flexibility index (Phi) is 5.17. The third kappa shape index (κ3) is 3.77. The van der Waals surface area contributed by atoms with Gasteiger partial charge in [0, 0.05) is 12.6 Å². The average molecular weight is 340 g/mol. The second-order valence-corrected chi connectivity index (χ2v) is 5.84. The van der Waals surface area contributed by atoms with Crippen LogP contribution in [0.1, 0.15) is 11.6 Å². The summed E-state index contributed by atoms with van der Waals surface area (Å²) in [6.45, 7) is 0. The number of pyridine rings is 1. The standard InChI is InChI=1S/C16H16N6OS/c1-24-16-13(8-5-9-17-16)19-15(23)14(22-11-18-20-21-22)10-12-6-3-2-4-7-12/h2-9,11,14H,10H2,1H3,(H,19,23). The molecule has 0 fully saturated rings. The molecule has 0 radical (unpaired) electrons. The summed E-state index contributed by atoms with van der Waals surface area (Å²) in [5.74, 6) is -0.186. The first-order valence-corrected chi connectivity index (χ1v) is 8.56. The molecule has 1 amide bonds. The Labute approximate surface area is 143 Å². The van der Waals surface area contributed by atoms with Gasteiger partial charge in [-0.2, -0.15) is 0 Å². The summed E-state index contributed by atoms with van der Waals surface area (Å²) < 4.78 is 1.47. The molecular weight excluding hydrogens is 324 g/mol. The lowest BCUT2D eigenvalue weighted by molar-refractivity contribution is -0.119. The maximum atomic E-state index is 12.8. The minimum atomic E-state index is -0.544. The molecule has 1 aromatic carbocycles. The van der Waals surface area contributed by atoms with Crippen LogP contribution < -0.4 is 5.32 Å². The number of benzene rings is 1. The van der Waals surface area contributed by atoms with E-state index >= 15 is 0 Å². The van der Waals surface area contributed by atoms with Crippen LogP contribution in [0.2, 0.25) is 0 Å². The highest BCUT2D eigenvalue weighted by atomic mass is 32.2. The van der Waals surface area contributed by atoms with Gasteiger partial charge in [0.2, 0.25) is 5.91 Å². The van der Waals surface area contributed by atoms with Crippen molar-refractivity contribution in [2.24, 2.45) is 0 Å². The molecule has 0 saturated carbocycles. The third-order valence-electron chi connectivity index (χ3n) is 3.48. The molecule has 3 rings (SSSR count). The highest BCUT2D eigenvalue weighted by Crippen LogP contribution is 2.23. The predicted octanol–water partition coefficient (Wildman–Crippen LogP) is 2.21. The summed E-state index contributed by atoms with van der Waals surface area (Å²) in [7, 11) is 0. The van der Waals surface area contributed by atoms with E-state index in [9.17, 15) is 4.79 Å². The molecular formula is C16H16N6OS. The number of tetrazole rings is 1. The van der Waals surface area contributed by atoms with Crippen molar-refractivity contribution in [2.45, 2.75) is 17.5 Å². The number of rotatable bonds is 6. The van der Waals surface area contributed by atoms with Crippen LogP contribution in [0.4, 0.5) is 5.69 Å². The van der Waals surface area contributed by atoms with Gasteiger partial charge in [-0.3, -0.25) is 4.79 Å². The van der Waals surface area contributed by atoms with Gasteiger partial charge < -0.3 is 5.32 Å². The van der Waals surface area contributed by atoms with Crippen molar-refractivity contribution in [3.05, 3.63) is 60.6 Å². The predicted molar refractivity (Wildman–Crippen MR) is 91.6 cm³/mol. The highest BCUT2D eigenvalue weighted by Gasteiger charge is 2.23. The first kappa shape index (κ1) is 16.1. The number of hydrogen-bond acceptors (Lipinski definition) is 6. The van der Waals surface area contributed by atoms with Gasteiger partial charge in [-0.15, -0.1) is 16.9 Å². The Balaban J connectivity index is 1.84. The minimum Gasteiger partial charge on any atom is -0.322 e.